The number of hydrogen-bond acceptors (Lipinski definition) is 5. The Morgan fingerprint density at radius 1 is 1.06 bits per heavy atom. The monoisotopic (exact) mass is 452 g/mol. The SMILES string of the molecule is O=C(NC1(C(=O)N2CCSC(C(=O)O)C2)CC1)OCC1c2ccccc2-c2ccccc21. The Kier molecular flexibility index (Phi) is 5.33. The molecule has 7 nitrogen and oxygen atoms in total. The van der Waals surface area contributed by atoms with E-state index in [1.165, 1.54) is 11.8 Å². The van der Waals surface area contributed by atoms with Crippen LogP contribution in [0.25, 0.3) is 11.1 Å². The molecule has 1 atom stereocenters. The molecule has 2 aromatic carbocycles. The molecule has 2 aliphatic carbocycles. The maximum Gasteiger partial charge on any atom is 0.408 e. The van der Waals surface area contributed by atoms with Crippen molar-refractivity contribution in [2.45, 2.75) is 29.5 Å². The van der Waals surface area contributed by atoms with Gasteiger partial charge in [0, 0.05) is 24.8 Å². The predicted octanol–water partition coefficient (Wildman–Crippen LogP) is 3.09. The molecule has 3 aliphatic rings. The molecule has 166 valence electrons. The van der Waals surface area contributed by atoms with Crippen molar-refractivity contribution in [1.29, 1.82) is 0 Å². The maximum absolute atomic E-state index is 13.0. The third kappa shape index (κ3) is 3.72. The number of nitrogens with zero attached hydrogens (tertiary/aromatic N) is 1. The maximum atomic E-state index is 13.0. The number of carbonyl (C=O) groups is 3. The minimum atomic E-state index is -0.965. The second-order valence-electron chi connectivity index (χ2n) is 8.48. The summed E-state index contributed by atoms with van der Waals surface area (Å²) in [6, 6.07) is 16.2. The van der Waals surface area contributed by atoms with Gasteiger partial charge in [0.1, 0.15) is 17.4 Å². The fourth-order valence-corrected chi connectivity index (χ4v) is 5.67. The van der Waals surface area contributed by atoms with Gasteiger partial charge in [0.25, 0.3) is 0 Å². The molecular weight excluding hydrogens is 428 g/mol. The predicted molar refractivity (Wildman–Crippen MR) is 121 cm³/mol. The smallest absolute Gasteiger partial charge is 0.408 e. The Hall–Kier alpha value is -3.00. The number of amides is 2. The molecule has 1 unspecified atom stereocenters. The Morgan fingerprint density at radius 3 is 2.28 bits per heavy atom. The van der Waals surface area contributed by atoms with Crippen LogP contribution in [-0.2, 0) is 14.3 Å². The Morgan fingerprint density at radius 2 is 1.69 bits per heavy atom. The topological polar surface area (TPSA) is 95.9 Å². The van der Waals surface area contributed by atoms with E-state index in [9.17, 15) is 19.5 Å². The third-order valence-electron chi connectivity index (χ3n) is 6.47. The first-order valence-electron chi connectivity index (χ1n) is 10.8. The van der Waals surface area contributed by atoms with Crippen molar-refractivity contribution in [1.82, 2.24) is 10.2 Å². The highest BCUT2D eigenvalue weighted by atomic mass is 32.2. The summed E-state index contributed by atoms with van der Waals surface area (Å²) < 4.78 is 5.59. The zero-order chi connectivity index (χ0) is 22.3. The third-order valence-corrected chi connectivity index (χ3v) is 7.64. The summed E-state index contributed by atoms with van der Waals surface area (Å²) in [6.07, 6.45) is 0.466. The molecule has 0 bridgehead atoms. The van der Waals surface area contributed by atoms with Gasteiger partial charge in [0.05, 0.1) is 0 Å². The number of benzene rings is 2. The molecule has 5 rings (SSSR count). The number of nitrogens with one attached hydrogen (secondary N) is 1. The molecule has 1 saturated carbocycles. The van der Waals surface area contributed by atoms with E-state index >= 15 is 0 Å². The fraction of sp³-hybridized carbons (Fsp3) is 0.375. The highest BCUT2D eigenvalue weighted by Gasteiger charge is 2.54. The summed E-state index contributed by atoms with van der Waals surface area (Å²) in [4.78, 5) is 38.5. The van der Waals surface area contributed by atoms with Crippen molar-refractivity contribution in [2.75, 3.05) is 25.4 Å². The Balaban J connectivity index is 1.23. The van der Waals surface area contributed by atoms with E-state index < -0.39 is 22.9 Å². The number of aliphatic carboxylic acids is 1. The summed E-state index contributed by atoms with van der Waals surface area (Å²) >= 11 is 1.34. The van der Waals surface area contributed by atoms with E-state index in [2.05, 4.69) is 29.6 Å². The molecule has 2 fully saturated rings. The van der Waals surface area contributed by atoms with Crippen LogP contribution >= 0.6 is 11.8 Å². The molecule has 8 heteroatoms. The molecule has 0 spiro atoms. The number of rotatable bonds is 5. The largest absolute Gasteiger partial charge is 0.480 e. The number of carbonyl (C=O) groups excluding carboxylic acids is 2. The fourth-order valence-electron chi connectivity index (χ4n) is 4.63. The first-order valence-corrected chi connectivity index (χ1v) is 11.8. The number of ether oxygens (including phenoxy) is 1. The molecule has 0 radical (unpaired) electrons. The number of alkyl carbamates (subject to hydrolysis) is 1. The molecule has 1 heterocycles. The van der Waals surface area contributed by atoms with Crippen LogP contribution < -0.4 is 5.32 Å². The first kappa shape index (κ1) is 20.9. The Bertz CT molecular complexity index is 1040. The highest BCUT2D eigenvalue weighted by Crippen LogP contribution is 2.44. The minimum Gasteiger partial charge on any atom is -0.480 e. The van der Waals surface area contributed by atoms with Crippen molar-refractivity contribution in [3.05, 3.63) is 59.7 Å². The van der Waals surface area contributed by atoms with Crippen molar-refractivity contribution in [2.24, 2.45) is 0 Å². The van der Waals surface area contributed by atoms with E-state index in [0.29, 0.717) is 25.1 Å². The van der Waals surface area contributed by atoms with Gasteiger partial charge in [-0.1, -0.05) is 48.5 Å². The molecule has 1 aliphatic heterocycles. The molecule has 32 heavy (non-hydrogen) atoms. The number of hydrogen-bond donors (Lipinski definition) is 2. The minimum absolute atomic E-state index is 0.0468. The van der Waals surface area contributed by atoms with E-state index in [0.717, 1.165) is 22.3 Å². The lowest BCUT2D eigenvalue weighted by atomic mass is 9.98. The quantitative estimate of drug-likeness (QED) is 0.724. The standard InChI is InChI=1S/C24H24N2O5S/c27-21(28)20-13-26(11-12-32-20)22(29)24(9-10-24)25-23(30)31-14-19-17-7-3-1-5-15(17)16-6-2-4-8-18(16)19/h1-8,19-20H,9-14H2,(H,25,30)(H,27,28). The molecule has 1 saturated heterocycles. The van der Waals surface area contributed by atoms with Crippen LogP contribution in [0.2, 0.25) is 0 Å². The van der Waals surface area contributed by atoms with Crippen LogP contribution in [0.5, 0.6) is 0 Å². The highest BCUT2D eigenvalue weighted by molar-refractivity contribution is 8.00. The van der Waals surface area contributed by atoms with E-state index in [4.69, 9.17) is 4.74 Å². The van der Waals surface area contributed by atoms with Crippen LogP contribution in [0.15, 0.2) is 48.5 Å². The van der Waals surface area contributed by atoms with E-state index in [-0.39, 0.29) is 25.0 Å². The molecule has 2 amide bonds. The average molecular weight is 453 g/mol. The Labute approximate surface area is 190 Å². The second kappa shape index (κ2) is 8.16. The zero-order valence-electron chi connectivity index (χ0n) is 17.5. The van der Waals surface area contributed by atoms with Crippen LogP contribution in [0.4, 0.5) is 4.79 Å². The number of fused-ring (bicyclic) bond motifs is 3. The summed E-state index contributed by atoms with van der Waals surface area (Å²) in [5.74, 6) is -0.599. The number of carboxylic acid groups (broad SMARTS) is 1. The summed E-state index contributed by atoms with van der Waals surface area (Å²) in [7, 11) is 0. The lowest BCUT2D eigenvalue weighted by Gasteiger charge is -2.33. The summed E-state index contributed by atoms with van der Waals surface area (Å²) in [6.45, 7) is 0.833. The molecule has 0 aromatic heterocycles. The van der Waals surface area contributed by atoms with Crippen LogP contribution in [0.1, 0.15) is 29.9 Å². The number of thioether (sulfide) groups is 1. The van der Waals surface area contributed by atoms with Crippen molar-refractivity contribution < 1.29 is 24.2 Å². The van der Waals surface area contributed by atoms with E-state index in [1.54, 1.807) is 4.90 Å². The lowest BCUT2D eigenvalue weighted by Crippen LogP contribution is -2.54. The van der Waals surface area contributed by atoms with Crippen LogP contribution in [0, 0.1) is 0 Å². The van der Waals surface area contributed by atoms with Gasteiger partial charge in [0.2, 0.25) is 5.91 Å². The van der Waals surface area contributed by atoms with Gasteiger partial charge in [0.15, 0.2) is 0 Å². The van der Waals surface area contributed by atoms with E-state index in [1.807, 2.05) is 24.3 Å². The second-order valence-corrected chi connectivity index (χ2v) is 9.79. The zero-order valence-corrected chi connectivity index (χ0v) is 18.3. The lowest BCUT2D eigenvalue weighted by molar-refractivity contribution is -0.139. The van der Waals surface area contributed by atoms with Gasteiger partial charge in [-0.3, -0.25) is 9.59 Å². The van der Waals surface area contributed by atoms with Gasteiger partial charge < -0.3 is 20.1 Å². The van der Waals surface area contributed by atoms with Gasteiger partial charge >= 0.3 is 12.1 Å². The van der Waals surface area contributed by atoms with Gasteiger partial charge in [-0.25, -0.2) is 4.79 Å². The van der Waals surface area contributed by atoms with Crippen LogP contribution in [0.3, 0.4) is 0 Å². The normalized spacial score (nSPS) is 20.8. The van der Waals surface area contributed by atoms with Crippen LogP contribution in [-0.4, -0.2) is 64.2 Å². The first-order chi connectivity index (χ1) is 15.5. The summed E-state index contributed by atoms with van der Waals surface area (Å²) in [5.41, 5.74) is 3.60. The van der Waals surface area contributed by atoms with Gasteiger partial charge in [-0.15, -0.1) is 11.8 Å². The average Bonchev–Trinajstić information content (AvgIpc) is 3.52. The van der Waals surface area contributed by atoms with Crippen molar-refractivity contribution in [3.63, 3.8) is 0 Å². The summed E-state index contributed by atoms with van der Waals surface area (Å²) in [5, 5.41) is 11.4. The molecule has 2 aromatic rings. The van der Waals surface area contributed by atoms with Gasteiger partial charge in [-0.05, 0) is 35.1 Å². The van der Waals surface area contributed by atoms with Crippen molar-refractivity contribution in [3.8, 4) is 11.1 Å². The molecular formula is C24H24N2O5S. The number of carboxylic acids is 1. The molecule has 2 N–H and O–H groups in total. The van der Waals surface area contributed by atoms with Gasteiger partial charge in [-0.2, -0.15) is 0 Å². The van der Waals surface area contributed by atoms with Crippen molar-refractivity contribution >= 4 is 29.7 Å².